The van der Waals surface area contributed by atoms with Crippen LogP contribution in [0.15, 0.2) is 12.4 Å². The molecule has 2 aliphatic heterocycles. The minimum atomic E-state index is 0.0242. The van der Waals surface area contributed by atoms with Crippen LogP contribution in [0, 0.1) is 11.8 Å². The first kappa shape index (κ1) is 17.4. The summed E-state index contributed by atoms with van der Waals surface area (Å²) in [5.41, 5.74) is 1.16. The number of aromatic nitrogens is 2. The molecule has 6 nitrogen and oxygen atoms in total. The lowest BCUT2D eigenvalue weighted by Crippen LogP contribution is -2.37. The molecule has 0 saturated carbocycles. The molecule has 2 saturated heterocycles. The molecule has 0 aliphatic carbocycles. The average molecular weight is 333 g/mol. The third-order valence-electron chi connectivity index (χ3n) is 5.71. The Labute approximate surface area is 145 Å². The third-order valence-corrected chi connectivity index (χ3v) is 5.71. The molecule has 134 valence electrons. The molecule has 1 aromatic rings. The van der Waals surface area contributed by atoms with Crippen molar-refractivity contribution in [3.8, 4) is 0 Å². The Balaban J connectivity index is 1.43. The number of aryl methyl sites for hydroxylation is 1. The van der Waals surface area contributed by atoms with Gasteiger partial charge in [0.15, 0.2) is 0 Å². The second kappa shape index (κ2) is 8.12. The predicted octanol–water partition coefficient (Wildman–Crippen LogP) is 0.961. The maximum Gasteiger partial charge on any atom is 0.225 e. The van der Waals surface area contributed by atoms with Crippen molar-refractivity contribution < 1.29 is 4.79 Å². The van der Waals surface area contributed by atoms with E-state index in [-0.39, 0.29) is 17.7 Å². The quantitative estimate of drug-likeness (QED) is 0.814. The zero-order valence-electron chi connectivity index (χ0n) is 15.0. The number of amides is 1. The molecule has 2 aliphatic rings. The predicted molar refractivity (Wildman–Crippen MR) is 94.8 cm³/mol. The van der Waals surface area contributed by atoms with Crippen molar-refractivity contribution in [2.24, 2.45) is 18.9 Å². The lowest BCUT2D eigenvalue weighted by atomic mass is 9.90. The molecule has 0 radical (unpaired) electrons. The van der Waals surface area contributed by atoms with Gasteiger partial charge in [-0.3, -0.25) is 9.48 Å². The molecule has 2 N–H and O–H groups in total. The lowest BCUT2D eigenvalue weighted by Gasteiger charge is -2.31. The molecule has 1 amide bonds. The Morgan fingerprint density at radius 3 is 2.83 bits per heavy atom. The topological polar surface area (TPSA) is 62.2 Å². The summed E-state index contributed by atoms with van der Waals surface area (Å²) in [4.78, 5) is 15.1. The van der Waals surface area contributed by atoms with Crippen molar-refractivity contribution in [3.63, 3.8) is 0 Å². The van der Waals surface area contributed by atoms with Crippen molar-refractivity contribution in [2.75, 3.05) is 39.3 Å². The Morgan fingerprint density at radius 2 is 2.17 bits per heavy atom. The van der Waals surface area contributed by atoms with Gasteiger partial charge in [0.25, 0.3) is 0 Å². The highest BCUT2D eigenvalue weighted by atomic mass is 16.1. The van der Waals surface area contributed by atoms with Crippen LogP contribution in [0.1, 0.15) is 37.7 Å². The number of nitrogens with zero attached hydrogens (tertiary/aromatic N) is 3. The smallest absolute Gasteiger partial charge is 0.225 e. The van der Waals surface area contributed by atoms with E-state index < -0.39 is 0 Å². The van der Waals surface area contributed by atoms with Gasteiger partial charge in [0, 0.05) is 38.8 Å². The number of likely N-dealkylation sites (tertiary alicyclic amines) is 1. The Kier molecular flexibility index (Phi) is 5.89. The summed E-state index contributed by atoms with van der Waals surface area (Å²) in [5, 5.41) is 10.8. The van der Waals surface area contributed by atoms with Gasteiger partial charge in [-0.1, -0.05) is 6.92 Å². The summed E-state index contributed by atoms with van der Waals surface area (Å²) in [6, 6.07) is 0. The van der Waals surface area contributed by atoms with Gasteiger partial charge < -0.3 is 15.5 Å². The molecule has 2 fully saturated rings. The van der Waals surface area contributed by atoms with Crippen molar-refractivity contribution in [1.29, 1.82) is 0 Å². The molecular weight excluding hydrogens is 302 g/mol. The fraction of sp³-hybridized carbons (Fsp3) is 0.778. The number of nitrogens with one attached hydrogen (secondary N) is 2. The van der Waals surface area contributed by atoms with Crippen molar-refractivity contribution in [1.82, 2.24) is 25.3 Å². The van der Waals surface area contributed by atoms with E-state index in [1.807, 2.05) is 24.1 Å². The van der Waals surface area contributed by atoms with Gasteiger partial charge in [0.1, 0.15) is 0 Å². The zero-order valence-corrected chi connectivity index (χ0v) is 15.0. The van der Waals surface area contributed by atoms with Crippen LogP contribution >= 0.6 is 0 Å². The second-order valence-corrected chi connectivity index (χ2v) is 7.28. The van der Waals surface area contributed by atoms with Gasteiger partial charge in [-0.2, -0.15) is 5.10 Å². The molecule has 0 aromatic carbocycles. The van der Waals surface area contributed by atoms with Crippen LogP contribution in [0.4, 0.5) is 0 Å². The number of piperidine rings is 1. The Bertz CT molecular complexity index is 535. The molecule has 3 rings (SSSR count). The number of rotatable bonds is 6. The SMILES string of the molecule is CCN1CCC(CCNC(=O)[C@H]2CNC[C@@H]2c2cnn(C)c2)CC1. The summed E-state index contributed by atoms with van der Waals surface area (Å²) in [7, 11) is 1.92. The van der Waals surface area contributed by atoms with Gasteiger partial charge in [-0.15, -0.1) is 0 Å². The van der Waals surface area contributed by atoms with Gasteiger partial charge in [-0.25, -0.2) is 0 Å². The molecule has 6 heteroatoms. The van der Waals surface area contributed by atoms with Crippen LogP contribution in [0.25, 0.3) is 0 Å². The summed E-state index contributed by atoms with van der Waals surface area (Å²) >= 11 is 0. The maximum atomic E-state index is 12.6. The molecule has 0 unspecified atom stereocenters. The largest absolute Gasteiger partial charge is 0.356 e. The van der Waals surface area contributed by atoms with Crippen molar-refractivity contribution in [2.45, 2.75) is 32.1 Å². The van der Waals surface area contributed by atoms with Crippen LogP contribution in [0.2, 0.25) is 0 Å². The van der Waals surface area contributed by atoms with E-state index in [1.54, 1.807) is 0 Å². The number of hydrogen-bond donors (Lipinski definition) is 2. The lowest BCUT2D eigenvalue weighted by molar-refractivity contribution is -0.124. The number of carbonyl (C=O) groups excluding carboxylic acids is 1. The number of hydrogen-bond acceptors (Lipinski definition) is 4. The molecule has 1 aromatic heterocycles. The minimum Gasteiger partial charge on any atom is -0.356 e. The highest BCUT2D eigenvalue weighted by molar-refractivity contribution is 5.80. The van der Waals surface area contributed by atoms with Gasteiger partial charge >= 0.3 is 0 Å². The van der Waals surface area contributed by atoms with Crippen LogP contribution in [0.3, 0.4) is 0 Å². The van der Waals surface area contributed by atoms with Crippen LogP contribution in [-0.2, 0) is 11.8 Å². The number of carbonyl (C=O) groups is 1. The molecule has 0 bridgehead atoms. The summed E-state index contributed by atoms with van der Waals surface area (Å²) in [5.74, 6) is 1.23. The maximum absolute atomic E-state index is 12.6. The fourth-order valence-electron chi connectivity index (χ4n) is 4.06. The van der Waals surface area contributed by atoms with Crippen molar-refractivity contribution >= 4 is 5.91 Å². The van der Waals surface area contributed by atoms with Gasteiger partial charge in [0.05, 0.1) is 12.1 Å². The van der Waals surface area contributed by atoms with Gasteiger partial charge in [-0.05, 0) is 50.4 Å². The monoisotopic (exact) mass is 333 g/mol. The third kappa shape index (κ3) is 4.16. The van der Waals surface area contributed by atoms with Crippen molar-refractivity contribution in [3.05, 3.63) is 18.0 Å². The molecular formula is C18H31N5O. The fourth-order valence-corrected chi connectivity index (χ4v) is 4.06. The molecule has 24 heavy (non-hydrogen) atoms. The first-order valence-electron chi connectivity index (χ1n) is 9.36. The van der Waals surface area contributed by atoms with E-state index in [2.05, 4.69) is 27.6 Å². The van der Waals surface area contributed by atoms with E-state index in [0.717, 1.165) is 44.1 Å². The van der Waals surface area contributed by atoms with E-state index in [0.29, 0.717) is 0 Å². The Morgan fingerprint density at radius 1 is 1.38 bits per heavy atom. The van der Waals surface area contributed by atoms with Gasteiger partial charge in [0.2, 0.25) is 5.91 Å². The first-order valence-corrected chi connectivity index (χ1v) is 9.36. The Hall–Kier alpha value is -1.40. The summed E-state index contributed by atoms with van der Waals surface area (Å²) in [6.07, 6.45) is 7.57. The van der Waals surface area contributed by atoms with Crippen LogP contribution in [-0.4, -0.2) is 59.9 Å². The highest BCUT2D eigenvalue weighted by Crippen LogP contribution is 2.28. The van der Waals surface area contributed by atoms with E-state index in [4.69, 9.17) is 0 Å². The second-order valence-electron chi connectivity index (χ2n) is 7.28. The summed E-state index contributed by atoms with van der Waals surface area (Å²) < 4.78 is 1.81. The van der Waals surface area contributed by atoms with E-state index >= 15 is 0 Å². The zero-order chi connectivity index (χ0) is 16.9. The standard InChI is InChI=1S/C18H31N5O/c1-3-23-8-5-14(6-9-23)4-7-20-18(24)17-12-19-11-16(17)15-10-21-22(2)13-15/h10,13-14,16-17,19H,3-9,11-12H2,1-2H3,(H,20,24)/t16-,17+/m1/s1. The molecule has 0 spiro atoms. The normalized spacial score (nSPS) is 25.9. The highest BCUT2D eigenvalue weighted by Gasteiger charge is 2.34. The minimum absolute atomic E-state index is 0.0242. The summed E-state index contributed by atoms with van der Waals surface area (Å²) in [6.45, 7) is 8.25. The molecule has 3 heterocycles. The average Bonchev–Trinajstić information content (AvgIpc) is 3.24. The van der Waals surface area contributed by atoms with E-state index in [1.165, 1.54) is 25.9 Å². The van der Waals surface area contributed by atoms with Crippen LogP contribution in [0.5, 0.6) is 0 Å². The first-order chi connectivity index (χ1) is 11.7. The molecule has 2 atom stereocenters. The van der Waals surface area contributed by atoms with Crippen LogP contribution < -0.4 is 10.6 Å². The van der Waals surface area contributed by atoms with E-state index in [9.17, 15) is 4.79 Å².